The van der Waals surface area contributed by atoms with Crippen molar-refractivity contribution in [1.29, 1.82) is 0 Å². The zero-order valence-electron chi connectivity index (χ0n) is 10.6. The Balaban J connectivity index is 1.99. The summed E-state index contributed by atoms with van der Waals surface area (Å²) in [5, 5.41) is 10.1. The Morgan fingerprint density at radius 3 is 2.76 bits per heavy atom. The molecule has 4 heteroatoms. The van der Waals surface area contributed by atoms with E-state index < -0.39 is 0 Å². The second-order valence-electron chi connectivity index (χ2n) is 4.60. The first-order valence-corrected chi connectivity index (χ1v) is 6.80. The lowest BCUT2D eigenvalue weighted by atomic mass is 10.0. The molecule has 0 radical (unpaired) electrons. The fourth-order valence-electron chi connectivity index (χ4n) is 1.91. The Morgan fingerprint density at radius 1 is 1.41 bits per heavy atom. The molecule has 17 heavy (non-hydrogen) atoms. The molecule has 92 valence electrons. The van der Waals surface area contributed by atoms with Gasteiger partial charge in [-0.05, 0) is 23.4 Å². The molecule has 0 saturated carbocycles. The summed E-state index contributed by atoms with van der Waals surface area (Å²) in [6.07, 6.45) is 1.98. The molecule has 0 bridgehead atoms. The third-order valence-corrected chi connectivity index (χ3v) is 3.74. The van der Waals surface area contributed by atoms with Crippen LogP contribution in [0.3, 0.4) is 0 Å². The van der Waals surface area contributed by atoms with Crippen molar-refractivity contribution in [3.05, 3.63) is 40.3 Å². The Labute approximate surface area is 106 Å². The molecule has 1 unspecified atom stereocenters. The summed E-state index contributed by atoms with van der Waals surface area (Å²) >= 11 is 1.81. The monoisotopic (exact) mass is 249 g/mol. The fraction of sp³-hybridized carbons (Fsp3) is 0.462. The van der Waals surface area contributed by atoms with E-state index in [0.29, 0.717) is 12.0 Å². The smallest absolute Gasteiger partial charge is 0.0762 e. The second kappa shape index (κ2) is 5.47. The van der Waals surface area contributed by atoms with E-state index in [1.54, 1.807) is 0 Å². The summed E-state index contributed by atoms with van der Waals surface area (Å²) in [6.45, 7) is 5.31. The molecule has 0 amide bonds. The van der Waals surface area contributed by atoms with E-state index in [0.717, 1.165) is 12.2 Å². The minimum Gasteiger partial charge on any atom is -0.303 e. The lowest BCUT2D eigenvalue weighted by Gasteiger charge is -2.20. The van der Waals surface area contributed by atoms with Gasteiger partial charge in [-0.3, -0.25) is 4.68 Å². The van der Waals surface area contributed by atoms with E-state index >= 15 is 0 Å². The Bertz CT molecular complexity index is 445. The molecule has 2 aromatic heterocycles. The molecule has 1 N–H and O–H groups in total. The van der Waals surface area contributed by atoms with Crippen LogP contribution in [0.1, 0.15) is 30.5 Å². The molecule has 0 aliphatic heterocycles. The summed E-state index contributed by atoms with van der Waals surface area (Å²) in [4.78, 5) is 1.40. The summed E-state index contributed by atoms with van der Waals surface area (Å²) in [5.41, 5.74) is 1.09. The highest BCUT2D eigenvalue weighted by atomic mass is 32.1. The van der Waals surface area contributed by atoms with E-state index in [1.807, 2.05) is 29.3 Å². The lowest BCUT2D eigenvalue weighted by Crippen LogP contribution is -2.24. The molecule has 2 heterocycles. The Morgan fingerprint density at radius 2 is 2.24 bits per heavy atom. The van der Waals surface area contributed by atoms with Gasteiger partial charge in [0, 0.05) is 30.7 Å². The van der Waals surface area contributed by atoms with Crippen molar-refractivity contribution in [3.8, 4) is 0 Å². The summed E-state index contributed by atoms with van der Waals surface area (Å²) < 4.78 is 1.84. The normalized spacial score (nSPS) is 13.2. The standard InChI is InChI=1S/C13H19N3S/c1-10(2)13(12-5-4-8-17-12)14-9-11-6-7-16(3)15-11/h4-8,10,13-14H,9H2,1-3H3. The van der Waals surface area contributed by atoms with Crippen LogP contribution in [0.2, 0.25) is 0 Å². The third kappa shape index (κ3) is 3.17. The number of hydrogen-bond acceptors (Lipinski definition) is 3. The molecular formula is C13H19N3S. The van der Waals surface area contributed by atoms with Gasteiger partial charge in [0.1, 0.15) is 0 Å². The summed E-state index contributed by atoms with van der Waals surface area (Å²) in [6, 6.07) is 6.77. The average molecular weight is 249 g/mol. The van der Waals surface area contributed by atoms with Gasteiger partial charge in [0.15, 0.2) is 0 Å². The SMILES string of the molecule is CC(C)C(NCc1ccn(C)n1)c1cccs1. The zero-order valence-corrected chi connectivity index (χ0v) is 11.4. The van der Waals surface area contributed by atoms with Gasteiger partial charge in [-0.2, -0.15) is 5.10 Å². The topological polar surface area (TPSA) is 29.9 Å². The largest absolute Gasteiger partial charge is 0.303 e. The number of thiophene rings is 1. The molecule has 1 atom stereocenters. The maximum absolute atomic E-state index is 4.38. The van der Waals surface area contributed by atoms with Crippen molar-refractivity contribution in [2.45, 2.75) is 26.4 Å². The molecule has 0 fully saturated rings. The number of hydrogen-bond donors (Lipinski definition) is 1. The molecule has 0 aromatic carbocycles. The van der Waals surface area contributed by atoms with Gasteiger partial charge in [0.2, 0.25) is 0 Å². The van der Waals surface area contributed by atoms with Crippen LogP contribution in [0.4, 0.5) is 0 Å². The summed E-state index contributed by atoms with van der Waals surface area (Å²) in [7, 11) is 1.95. The van der Waals surface area contributed by atoms with Gasteiger partial charge in [0.25, 0.3) is 0 Å². The Kier molecular flexibility index (Phi) is 3.97. The maximum atomic E-state index is 4.38. The first kappa shape index (κ1) is 12.3. The van der Waals surface area contributed by atoms with E-state index in [4.69, 9.17) is 0 Å². The average Bonchev–Trinajstić information content (AvgIpc) is 2.90. The molecule has 0 saturated heterocycles. The minimum atomic E-state index is 0.414. The fourth-order valence-corrected chi connectivity index (χ4v) is 2.88. The molecular weight excluding hydrogens is 230 g/mol. The van der Waals surface area contributed by atoms with Crippen molar-refractivity contribution < 1.29 is 0 Å². The molecule has 2 rings (SSSR count). The van der Waals surface area contributed by atoms with E-state index in [1.165, 1.54) is 4.88 Å². The summed E-state index contributed by atoms with van der Waals surface area (Å²) in [5.74, 6) is 0.581. The van der Waals surface area contributed by atoms with Crippen LogP contribution in [0.5, 0.6) is 0 Å². The minimum absolute atomic E-state index is 0.414. The number of aromatic nitrogens is 2. The van der Waals surface area contributed by atoms with Crippen LogP contribution in [0.15, 0.2) is 29.8 Å². The van der Waals surface area contributed by atoms with Gasteiger partial charge in [-0.1, -0.05) is 19.9 Å². The quantitative estimate of drug-likeness (QED) is 0.883. The van der Waals surface area contributed by atoms with Crippen LogP contribution in [-0.4, -0.2) is 9.78 Å². The van der Waals surface area contributed by atoms with Crippen LogP contribution in [0.25, 0.3) is 0 Å². The van der Waals surface area contributed by atoms with E-state index in [-0.39, 0.29) is 0 Å². The third-order valence-electron chi connectivity index (χ3n) is 2.79. The second-order valence-corrected chi connectivity index (χ2v) is 5.58. The highest BCUT2D eigenvalue weighted by Crippen LogP contribution is 2.25. The molecule has 0 aliphatic carbocycles. The molecule has 0 aliphatic rings. The number of rotatable bonds is 5. The van der Waals surface area contributed by atoms with Gasteiger partial charge in [-0.15, -0.1) is 11.3 Å². The van der Waals surface area contributed by atoms with E-state index in [2.05, 4.69) is 47.8 Å². The van der Waals surface area contributed by atoms with Gasteiger partial charge < -0.3 is 5.32 Å². The predicted molar refractivity (Wildman–Crippen MR) is 71.9 cm³/mol. The van der Waals surface area contributed by atoms with E-state index in [9.17, 15) is 0 Å². The Hall–Kier alpha value is -1.13. The number of nitrogens with one attached hydrogen (secondary N) is 1. The van der Waals surface area contributed by atoms with Crippen molar-refractivity contribution >= 4 is 11.3 Å². The highest BCUT2D eigenvalue weighted by Gasteiger charge is 2.16. The predicted octanol–water partition coefficient (Wildman–Crippen LogP) is 2.97. The van der Waals surface area contributed by atoms with Crippen molar-refractivity contribution in [2.75, 3.05) is 0 Å². The van der Waals surface area contributed by atoms with Crippen molar-refractivity contribution in [2.24, 2.45) is 13.0 Å². The number of aryl methyl sites for hydroxylation is 1. The zero-order chi connectivity index (χ0) is 12.3. The van der Waals surface area contributed by atoms with Crippen LogP contribution in [0, 0.1) is 5.92 Å². The molecule has 0 spiro atoms. The van der Waals surface area contributed by atoms with Crippen LogP contribution < -0.4 is 5.32 Å². The van der Waals surface area contributed by atoms with Crippen molar-refractivity contribution in [3.63, 3.8) is 0 Å². The first-order valence-electron chi connectivity index (χ1n) is 5.92. The first-order chi connectivity index (χ1) is 8.16. The lowest BCUT2D eigenvalue weighted by molar-refractivity contribution is 0.413. The van der Waals surface area contributed by atoms with Crippen molar-refractivity contribution in [1.82, 2.24) is 15.1 Å². The van der Waals surface area contributed by atoms with Crippen LogP contribution >= 0.6 is 11.3 Å². The van der Waals surface area contributed by atoms with Gasteiger partial charge >= 0.3 is 0 Å². The maximum Gasteiger partial charge on any atom is 0.0762 e. The van der Waals surface area contributed by atoms with Gasteiger partial charge in [-0.25, -0.2) is 0 Å². The highest BCUT2D eigenvalue weighted by molar-refractivity contribution is 7.10. The number of nitrogens with zero attached hydrogens (tertiary/aromatic N) is 2. The van der Waals surface area contributed by atoms with Crippen LogP contribution in [-0.2, 0) is 13.6 Å². The molecule has 2 aromatic rings. The van der Waals surface area contributed by atoms with Gasteiger partial charge in [0.05, 0.1) is 5.69 Å². The molecule has 3 nitrogen and oxygen atoms in total.